The lowest BCUT2D eigenvalue weighted by Crippen LogP contribution is -2.27. The molecule has 1 aliphatic heterocycles. The van der Waals surface area contributed by atoms with Crippen molar-refractivity contribution < 1.29 is 14.3 Å². The van der Waals surface area contributed by atoms with E-state index in [-0.39, 0.29) is 11.8 Å². The highest BCUT2D eigenvalue weighted by Crippen LogP contribution is 2.35. The number of hydrogen-bond donors (Lipinski definition) is 0. The molecule has 3 aromatic carbocycles. The van der Waals surface area contributed by atoms with Crippen LogP contribution in [0, 0.1) is 5.92 Å². The Kier molecular flexibility index (Phi) is 7.81. The van der Waals surface area contributed by atoms with Crippen LogP contribution in [-0.2, 0) is 11.3 Å². The van der Waals surface area contributed by atoms with Crippen LogP contribution in [-0.4, -0.2) is 28.3 Å². The normalized spacial score (nSPS) is 15.7. The van der Waals surface area contributed by atoms with Gasteiger partial charge in [-0.25, -0.2) is 0 Å². The summed E-state index contributed by atoms with van der Waals surface area (Å²) in [5, 5.41) is 0. The van der Waals surface area contributed by atoms with E-state index in [1.54, 1.807) is 4.90 Å². The average molecular weight is 476 g/mol. The molecule has 0 bridgehead atoms. The van der Waals surface area contributed by atoms with Crippen LogP contribution in [0.5, 0.6) is 11.5 Å². The number of carbonyl (C=O) groups is 1. The molecule has 0 spiro atoms. The van der Waals surface area contributed by atoms with Gasteiger partial charge >= 0.3 is 0 Å². The number of para-hydroxylation sites is 2. The molecule has 1 atom stereocenters. The molecule has 3 aromatic rings. The molecule has 1 amide bonds. The minimum atomic E-state index is -0.0757. The van der Waals surface area contributed by atoms with Crippen molar-refractivity contribution in [2.24, 2.45) is 5.92 Å². The number of thioether (sulfide) groups is 1. The molecule has 33 heavy (non-hydrogen) atoms. The second kappa shape index (κ2) is 11.2. The summed E-state index contributed by atoms with van der Waals surface area (Å²) in [5.41, 5.74) is 1.90. The van der Waals surface area contributed by atoms with E-state index < -0.39 is 0 Å². The monoisotopic (exact) mass is 475 g/mol. The summed E-state index contributed by atoms with van der Waals surface area (Å²) >= 11 is 6.81. The molecule has 0 aliphatic carbocycles. The predicted octanol–water partition coefficient (Wildman–Crippen LogP) is 6.18. The van der Waals surface area contributed by atoms with Crippen molar-refractivity contribution in [1.82, 2.24) is 4.90 Å². The Bertz CT molecular complexity index is 1130. The summed E-state index contributed by atoms with van der Waals surface area (Å²) in [6.07, 6.45) is 1.87. The molecule has 0 aromatic heterocycles. The van der Waals surface area contributed by atoms with Gasteiger partial charge < -0.3 is 9.47 Å². The second-order valence-corrected chi connectivity index (χ2v) is 9.51. The molecule has 1 unspecified atom stereocenters. The topological polar surface area (TPSA) is 38.8 Å². The number of amides is 1. The van der Waals surface area contributed by atoms with Crippen molar-refractivity contribution in [2.75, 3.05) is 13.2 Å². The highest BCUT2D eigenvalue weighted by Gasteiger charge is 2.32. The van der Waals surface area contributed by atoms with Gasteiger partial charge in [-0.3, -0.25) is 9.69 Å². The Balaban J connectivity index is 1.39. The standard InChI is InChI=1S/C27H25NO3S2/c1-20(18-30-23-13-6-3-7-14-23)19-31-24-15-9-8-12-22(24)16-25-26(29)28(27(32)33-25)17-21-10-4-2-5-11-21/h2-16,20H,17-19H2,1H3. The maximum Gasteiger partial charge on any atom is 0.266 e. The Labute approximate surface area is 204 Å². The van der Waals surface area contributed by atoms with Gasteiger partial charge in [-0.15, -0.1) is 0 Å². The predicted molar refractivity (Wildman–Crippen MR) is 138 cm³/mol. The van der Waals surface area contributed by atoms with Gasteiger partial charge in [-0.05, 0) is 29.8 Å². The van der Waals surface area contributed by atoms with E-state index in [9.17, 15) is 4.79 Å². The quantitative estimate of drug-likeness (QED) is 0.273. The summed E-state index contributed by atoms with van der Waals surface area (Å²) in [6.45, 7) is 3.62. The summed E-state index contributed by atoms with van der Waals surface area (Å²) < 4.78 is 12.5. The molecule has 4 nitrogen and oxygen atoms in total. The van der Waals surface area contributed by atoms with Gasteiger partial charge in [0.05, 0.1) is 24.7 Å². The van der Waals surface area contributed by atoms with Gasteiger partial charge in [0.1, 0.15) is 15.8 Å². The smallest absolute Gasteiger partial charge is 0.266 e. The van der Waals surface area contributed by atoms with Crippen molar-refractivity contribution in [3.05, 3.63) is 101 Å². The summed E-state index contributed by atoms with van der Waals surface area (Å²) in [5.74, 6) is 1.70. The zero-order valence-electron chi connectivity index (χ0n) is 18.3. The van der Waals surface area contributed by atoms with Crippen LogP contribution >= 0.6 is 24.0 Å². The molecular weight excluding hydrogens is 450 g/mol. The van der Waals surface area contributed by atoms with Crippen molar-refractivity contribution in [3.8, 4) is 11.5 Å². The van der Waals surface area contributed by atoms with Crippen LogP contribution in [0.25, 0.3) is 6.08 Å². The van der Waals surface area contributed by atoms with Crippen molar-refractivity contribution in [1.29, 1.82) is 0 Å². The molecule has 1 aliphatic rings. The highest BCUT2D eigenvalue weighted by atomic mass is 32.2. The number of hydrogen-bond acceptors (Lipinski definition) is 5. The first kappa shape index (κ1) is 23.1. The van der Waals surface area contributed by atoms with Crippen molar-refractivity contribution in [3.63, 3.8) is 0 Å². The third-order valence-electron chi connectivity index (χ3n) is 5.06. The second-order valence-electron chi connectivity index (χ2n) is 7.83. The average Bonchev–Trinajstić information content (AvgIpc) is 3.11. The Morgan fingerprint density at radius 3 is 2.30 bits per heavy atom. The minimum absolute atomic E-state index is 0.0757. The van der Waals surface area contributed by atoms with Crippen LogP contribution in [0.3, 0.4) is 0 Å². The van der Waals surface area contributed by atoms with E-state index in [0.29, 0.717) is 29.0 Å². The van der Waals surface area contributed by atoms with Gasteiger partial charge in [0.2, 0.25) is 0 Å². The molecule has 0 radical (unpaired) electrons. The molecule has 168 valence electrons. The fraction of sp³-hybridized carbons (Fsp3) is 0.185. The third kappa shape index (κ3) is 6.24. The summed E-state index contributed by atoms with van der Waals surface area (Å²) in [6, 6.07) is 27.4. The Morgan fingerprint density at radius 1 is 0.909 bits per heavy atom. The third-order valence-corrected chi connectivity index (χ3v) is 6.44. The first-order valence-electron chi connectivity index (χ1n) is 10.8. The largest absolute Gasteiger partial charge is 0.493 e. The lowest BCUT2D eigenvalue weighted by atomic mass is 10.1. The van der Waals surface area contributed by atoms with Gasteiger partial charge in [0, 0.05) is 11.5 Å². The van der Waals surface area contributed by atoms with Gasteiger partial charge in [-0.2, -0.15) is 0 Å². The molecule has 1 fully saturated rings. The highest BCUT2D eigenvalue weighted by molar-refractivity contribution is 8.26. The van der Waals surface area contributed by atoms with Crippen LogP contribution in [0.2, 0.25) is 0 Å². The number of rotatable bonds is 9. The molecule has 6 heteroatoms. The van der Waals surface area contributed by atoms with Crippen LogP contribution in [0.15, 0.2) is 89.8 Å². The SMILES string of the molecule is CC(COc1ccccc1)COc1ccccc1C=C1SC(=S)N(Cc2ccccc2)C1=O. The van der Waals surface area contributed by atoms with Crippen LogP contribution in [0.4, 0.5) is 0 Å². The number of benzene rings is 3. The van der Waals surface area contributed by atoms with E-state index in [2.05, 4.69) is 6.92 Å². The molecular formula is C27H25NO3S2. The van der Waals surface area contributed by atoms with Crippen LogP contribution in [0.1, 0.15) is 18.1 Å². The van der Waals surface area contributed by atoms with Gasteiger partial charge in [0.15, 0.2) is 0 Å². The fourth-order valence-electron chi connectivity index (χ4n) is 3.31. The van der Waals surface area contributed by atoms with Crippen LogP contribution < -0.4 is 9.47 Å². The first-order chi connectivity index (χ1) is 16.1. The van der Waals surface area contributed by atoms with E-state index in [1.165, 1.54) is 11.8 Å². The van der Waals surface area contributed by atoms with Gasteiger partial charge in [0.25, 0.3) is 5.91 Å². The summed E-state index contributed by atoms with van der Waals surface area (Å²) in [7, 11) is 0. The van der Waals surface area contributed by atoms with E-state index >= 15 is 0 Å². The lowest BCUT2D eigenvalue weighted by molar-refractivity contribution is -0.122. The fourth-order valence-corrected chi connectivity index (χ4v) is 4.56. The molecule has 0 N–H and O–H groups in total. The maximum atomic E-state index is 13.0. The molecule has 4 rings (SSSR count). The molecule has 1 saturated heterocycles. The maximum absolute atomic E-state index is 13.0. The molecule has 1 heterocycles. The zero-order chi connectivity index (χ0) is 23.0. The first-order valence-corrected chi connectivity index (χ1v) is 12.0. The van der Waals surface area contributed by atoms with Gasteiger partial charge in [-0.1, -0.05) is 97.6 Å². The lowest BCUT2D eigenvalue weighted by Gasteiger charge is -2.16. The van der Waals surface area contributed by atoms with Crippen molar-refractivity contribution in [2.45, 2.75) is 13.5 Å². The zero-order valence-corrected chi connectivity index (χ0v) is 20.0. The van der Waals surface area contributed by atoms with E-state index in [4.69, 9.17) is 21.7 Å². The Morgan fingerprint density at radius 2 is 1.55 bits per heavy atom. The number of carbonyl (C=O) groups excluding carboxylic acids is 1. The van der Waals surface area contributed by atoms with Crippen molar-refractivity contribution >= 4 is 40.3 Å². The molecule has 0 saturated carbocycles. The number of thiocarbonyl (C=S) groups is 1. The minimum Gasteiger partial charge on any atom is -0.493 e. The van der Waals surface area contributed by atoms with E-state index in [1.807, 2.05) is 91.0 Å². The summed E-state index contributed by atoms with van der Waals surface area (Å²) in [4.78, 5) is 15.3. The Hall–Kier alpha value is -3.09. The number of nitrogens with zero attached hydrogens (tertiary/aromatic N) is 1. The number of ether oxygens (including phenoxy) is 2. The van der Waals surface area contributed by atoms with E-state index in [0.717, 1.165) is 22.6 Å².